The van der Waals surface area contributed by atoms with Crippen molar-refractivity contribution in [1.29, 1.82) is 0 Å². The van der Waals surface area contributed by atoms with E-state index >= 15 is 0 Å². The van der Waals surface area contributed by atoms with Crippen molar-refractivity contribution in [1.82, 2.24) is 15.0 Å². The van der Waals surface area contributed by atoms with Gasteiger partial charge < -0.3 is 4.42 Å². The summed E-state index contributed by atoms with van der Waals surface area (Å²) >= 11 is 0. The Bertz CT molecular complexity index is 2820. The summed E-state index contributed by atoms with van der Waals surface area (Å²) in [5, 5.41) is 5.05. The fraction of sp³-hybridized carbons (Fsp3) is 0.0408. The molecule has 1 aliphatic rings. The van der Waals surface area contributed by atoms with Gasteiger partial charge in [0.15, 0.2) is 11.4 Å². The van der Waals surface area contributed by atoms with E-state index in [4.69, 9.17) is 14.4 Å². The number of fused-ring (bicyclic) bond motifs is 4. The van der Waals surface area contributed by atoms with Crippen molar-refractivity contribution in [3.05, 3.63) is 193 Å². The first kappa shape index (κ1) is 30.9. The fourth-order valence-electron chi connectivity index (χ4n) is 7.41. The molecule has 7 aromatic carbocycles. The lowest BCUT2D eigenvalue weighted by atomic mass is 9.89. The molecule has 4 heteroatoms. The van der Waals surface area contributed by atoms with Gasteiger partial charge in [0, 0.05) is 22.6 Å². The highest BCUT2D eigenvalue weighted by atomic mass is 16.3. The van der Waals surface area contributed by atoms with Gasteiger partial charge in [-0.05, 0) is 86.6 Å². The topological polar surface area (TPSA) is 51.8 Å². The normalized spacial score (nSPS) is 14.2. The third-order valence-corrected chi connectivity index (χ3v) is 10.3. The summed E-state index contributed by atoms with van der Waals surface area (Å²) < 4.78 is 6.04. The average molecular weight is 680 g/mol. The van der Waals surface area contributed by atoms with E-state index in [-0.39, 0.29) is 0 Å². The van der Waals surface area contributed by atoms with Crippen molar-refractivity contribution >= 4 is 38.2 Å². The highest BCUT2D eigenvalue weighted by Crippen LogP contribution is 2.35. The number of rotatable bonds is 6. The van der Waals surface area contributed by atoms with Crippen molar-refractivity contribution in [3.8, 4) is 45.2 Å². The highest BCUT2D eigenvalue weighted by Gasteiger charge is 2.17. The summed E-state index contributed by atoms with van der Waals surface area (Å²) in [5.74, 6) is 1.62. The predicted octanol–water partition coefficient (Wildman–Crippen LogP) is 12.7. The number of hydrogen-bond acceptors (Lipinski definition) is 4. The molecule has 250 valence electrons. The molecule has 53 heavy (non-hydrogen) atoms. The maximum Gasteiger partial charge on any atom is 0.227 e. The van der Waals surface area contributed by atoms with Gasteiger partial charge in [0.05, 0.1) is 11.4 Å². The second-order valence-electron chi connectivity index (χ2n) is 13.6. The molecular weight excluding hydrogens is 647 g/mol. The molecule has 0 amide bonds. The van der Waals surface area contributed by atoms with E-state index in [1.54, 1.807) is 0 Å². The van der Waals surface area contributed by atoms with E-state index in [9.17, 15) is 0 Å². The molecule has 0 saturated carbocycles. The second-order valence-corrected chi connectivity index (χ2v) is 13.6. The molecular formula is C49H33N3O. The molecule has 0 bridgehead atoms. The summed E-state index contributed by atoms with van der Waals surface area (Å²) in [5.41, 5.74) is 11.0. The number of nitrogens with zero attached hydrogens (tertiary/aromatic N) is 3. The quantitative estimate of drug-likeness (QED) is 0.164. The van der Waals surface area contributed by atoms with Gasteiger partial charge in [0.2, 0.25) is 5.89 Å². The van der Waals surface area contributed by atoms with Crippen LogP contribution in [-0.4, -0.2) is 15.0 Å². The number of allylic oxidation sites excluding steroid dienone is 4. The van der Waals surface area contributed by atoms with E-state index in [2.05, 4.69) is 151 Å². The zero-order valence-corrected chi connectivity index (χ0v) is 28.9. The average Bonchev–Trinajstić information content (AvgIpc) is 3.68. The Kier molecular flexibility index (Phi) is 7.58. The van der Waals surface area contributed by atoms with Gasteiger partial charge in [-0.2, -0.15) is 0 Å². The van der Waals surface area contributed by atoms with Crippen LogP contribution in [0.3, 0.4) is 0 Å². The van der Waals surface area contributed by atoms with Crippen LogP contribution in [0.4, 0.5) is 0 Å². The van der Waals surface area contributed by atoms with Crippen LogP contribution in [0.15, 0.2) is 186 Å². The van der Waals surface area contributed by atoms with Crippen LogP contribution < -0.4 is 0 Å². The number of oxazole rings is 1. The van der Waals surface area contributed by atoms with E-state index in [1.807, 2.05) is 36.4 Å². The van der Waals surface area contributed by atoms with E-state index < -0.39 is 0 Å². The molecule has 1 aliphatic carbocycles. The van der Waals surface area contributed by atoms with Crippen molar-refractivity contribution in [2.24, 2.45) is 0 Å². The van der Waals surface area contributed by atoms with Crippen LogP contribution in [0.1, 0.15) is 23.6 Å². The zero-order valence-electron chi connectivity index (χ0n) is 28.9. The molecule has 9 aromatic rings. The smallest absolute Gasteiger partial charge is 0.227 e. The summed E-state index contributed by atoms with van der Waals surface area (Å²) in [7, 11) is 0. The maximum atomic E-state index is 6.04. The standard InChI is InChI=1S/C49H33N3O/c1-2-8-32(9-3-1)33-14-19-36(20-15-33)45-31-46(51-48(50-45)38-23-25-39(26-24-38)49-52-44-12-6-7-13-47(44)53-49)37-21-16-34(17-22-37)40-28-29-43-41(30-40)27-18-35-10-4-5-11-42(35)43/h1-14,16-31,33H,15H2. The number of aromatic nitrogens is 3. The second kappa shape index (κ2) is 13.0. The van der Waals surface area contributed by atoms with Gasteiger partial charge in [0.25, 0.3) is 0 Å². The lowest BCUT2D eigenvalue weighted by Crippen LogP contribution is -2.02. The zero-order chi connectivity index (χ0) is 35.1. The molecule has 0 fully saturated rings. The molecule has 0 saturated heterocycles. The molecule has 2 heterocycles. The van der Waals surface area contributed by atoms with Gasteiger partial charge in [-0.25, -0.2) is 15.0 Å². The first-order valence-corrected chi connectivity index (χ1v) is 18.0. The third kappa shape index (κ3) is 5.90. The molecule has 2 aromatic heterocycles. The number of hydrogen-bond donors (Lipinski definition) is 0. The Morgan fingerprint density at radius 3 is 2.00 bits per heavy atom. The van der Waals surface area contributed by atoms with Crippen LogP contribution in [0.25, 0.3) is 83.4 Å². The van der Waals surface area contributed by atoms with E-state index in [0.717, 1.165) is 56.7 Å². The molecule has 10 rings (SSSR count). The molecule has 0 spiro atoms. The molecule has 4 nitrogen and oxygen atoms in total. The SMILES string of the molecule is C1=CC(c2ccccc2)CC=C1c1cc(-c2ccc(-c3ccc4c(ccc5ccccc54)c3)cc2)nc(-c2ccc(-c3nc4ccccc4o3)cc2)n1. The van der Waals surface area contributed by atoms with E-state index in [1.165, 1.54) is 32.7 Å². The van der Waals surface area contributed by atoms with Gasteiger partial charge in [0.1, 0.15) is 5.52 Å². The third-order valence-electron chi connectivity index (χ3n) is 10.3. The molecule has 1 atom stereocenters. The Morgan fingerprint density at radius 2 is 1.17 bits per heavy atom. The lowest BCUT2D eigenvalue weighted by Gasteiger charge is -2.17. The van der Waals surface area contributed by atoms with Crippen molar-refractivity contribution in [2.75, 3.05) is 0 Å². The van der Waals surface area contributed by atoms with Gasteiger partial charge in [-0.3, -0.25) is 0 Å². The minimum absolute atomic E-state index is 0.349. The monoisotopic (exact) mass is 679 g/mol. The Balaban J connectivity index is 1.00. The largest absolute Gasteiger partial charge is 0.436 e. The summed E-state index contributed by atoms with van der Waals surface area (Å²) in [6.45, 7) is 0. The Hall–Kier alpha value is -6.91. The molecule has 0 aliphatic heterocycles. The highest BCUT2D eigenvalue weighted by molar-refractivity contribution is 6.08. The summed E-state index contributed by atoms with van der Waals surface area (Å²) in [6.07, 6.45) is 7.72. The predicted molar refractivity (Wildman–Crippen MR) is 217 cm³/mol. The minimum atomic E-state index is 0.349. The van der Waals surface area contributed by atoms with Crippen LogP contribution in [0.2, 0.25) is 0 Å². The van der Waals surface area contributed by atoms with E-state index in [0.29, 0.717) is 17.6 Å². The van der Waals surface area contributed by atoms with Crippen LogP contribution in [0, 0.1) is 0 Å². The lowest BCUT2D eigenvalue weighted by molar-refractivity contribution is 0.620. The van der Waals surface area contributed by atoms with Crippen molar-refractivity contribution < 1.29 is 4.42 Å². The first-order chi connectivity index (χ1) is 26.2. The van der Waals surface area contributed by atoms with Gasteiger partial charge in [-0.1, -0.05) is 146 Å². The fourth-order valence-corrected chi connectivity index (χ4v) is 7.41. The van der Waals surface area contributed by atoms with Crippen molar-refractivity contribution in [2.45, 2.75) is 12.3 Å². The minimum Gasteiger partial charge on any atom is -0.436 e. The summed E-state index contributed by atoms with van der Waals surface area (Å²) in [4.78, 5) is 15.0. The van der Waals surface area contributed by atoms with Gasteiger partial charge >= 0.3 is 0 Å². The molecule has 0 N–H and O–H groups in total. The Morgan fingerprint density at radius 1 is 0.491 bits per heavy atom. The molecule has 1 unspecified atom stereocenters. The van der Waals surface area contributed by atoms with Crippen LogP contribution >= 0.6 is 0 Å². The summed E-state index contributed by atoms with van der Waals surface area (Å²) in [6, 6.07) is 57.2. The molecule has 0 radical (unpaired) electrons. The van der Waals surface area contributed by atoms with Crippen LogP contribution in [-0.2, 0) is 0 Å². The number of para-hydroxylation sites is 2. The number of benzene rings is 7. The maximum absolute atomic E-state index is 6.04. The van der Waals surface area contributed by atoms with Gasteiger partial charge in [-0.15, -0.1) is 0 Å². The Labute approximate surface area is 307 Å². The first-order valence-electron chi connectivity index (χ1n) is 18.0. The van der Waals surface area contributed by atoms with Crippen LogP contribution in [0.5, 0.6) is 0 Å². The van der Waals surface area contributed by atoms with Crippen molar-refractivity contribution in [3.63, 3.8) is 0 Å².